The number of hydrogen-bond donors (Lipinski definition) is 2. The Morgan fingerprint density at radius 2 is 2.10 bits per heavy atom. The molecule has 1 amide bonds. The highest BCUT2D eigenvalue weighted by molar-refractivity contribution is 5.87. The zero-order chi connectivity index (χ0) is 14.9. The number of carbonyl (C=O) groups excluding carboxylic acids is 1. The quantitative estimate of drug-likeness (QED) is 0.879. The molecule has 2 aromatic heterocycles. The molecule has 0 saturated carbocycles. The van der Waals surface area contributed by atoms with Gasteiger partial charge >= 0.3 is 12.1 Å². The van der Waals surface area contributed by atoms with Crippen LogP contribution in [0.1, 0.15) is 31.3 Å². The van der Waals surface area contributed by atoms with Crippen molar-refractivity contribution in [2.45, 2.75) is 26.4 Å². The molecule has 2 N–H and O–H groups in total. The van der Waals surface area contributed by atoms with Crippen LogP contribution in [0.5, 0.6) is 0 Å². The number of nitrogens with zero attached hydrogens (tertiary/aromatic N) is 2. The molecule has 0 saturated heterocycles. The van der Waals surface area contributed by atoms with E-state index < -0.39 is 17.7 Å². The minimum atomic E-state index is -1.10. The van der Waals surface area contributed by atoms with Crippen LogP contribution < -0.4 is 5.32 Å². The van der Waals surface area contributed by atoms with Crippen molar-refractivity contribution in [3.63, 3.8) is 0 Å². The van der Waals surface area contributed by atoms with Crippen LogP contribution in [0.3, 0.4) is 0 Å². The highest BCUT2D eigenvalue weighted by atomic mass is 16.6. The lowest BCUT2D eigenvalue weighted by Crippen LogP contribution is -2.27. The number of aromatic nitrogens is 2. The highest BCUT2D eigenvalue weighted by Crippen LogP contribution is 2.14. The SMILES string of the molecule is CC(C)(C)OC(=O)Nc1ccn2cc(C(=O)O)nc2c1. The van der Waals surface area contributed by atoms with E-state index in [9.17, 15) is 9.59 Å². The molecule has 0 fully saturated rings. The maximum atomic E-state index is 11.6. The number of imidazole rings is 1. The van der Waals surface area contributed by atoms with Gasteiger partial charge in [0.25, 0.3) is 0 Å². The molecule has 20 heavy (non-hydrogen) atoms. The first kappa shape index (κ1) is 13.9. The third-order valence-corrected chi connectivity index (χ3v) is 2.32. The maximum absolute atomic E-state index is 11.6. The first-order valence-corrected chi connectivity index (χ1v) is 5.97. The first-order valence-electron chi connectivity index (χ1n) is 5.97. The van der Waals surface area contributed by atoms with Crippen molar-refractivity contribution in [3.8, 4) is 0 Å². The van der Waals surface area contributed by atoms with Gasteiger partial charge in [-0.2, -0.15) is 0 Å². The normalized spacial score (nSPS) is 11.3. The smallest absolute Gasteiger partial charge is 0.412 e. The molecular formula is C13H15N3O4. The van der Waals surface area contributed by atoms with Crippen molar-refractivity contribution in [1.29, 1.82) is 0 Å². The topological polar surface area (TPSA) is 92.9 Å². The van der Waals surface area contributed by atoms with Crippen LogP contribution in [0.4, 0.5) is 10.5 Å². The molecule has 0 aliphatic heterocycles. The van der Waals surface area contributed by atoms with Crippen molar-refractivity contribution in [1.82, 2.24) is 9.38 Å². The van der Waals surface area contributed by atoms with E-state index in [1.54, 1.807) is 43.5 Å². The van der Waals surface area contributed by atoms with E-state index in [0.717, 1.165) is 0 Å². The second-order valence-corrected chi connectivity index (χ2v) is 5.24. The molecule has 0 bridgehead atoms. The monoisotopic (exact) mass is 277 g/mol. The molecule has 2 aromatic rings. The third-order valence-electron chi connectivity index (χ3n) is 2.32. The standard InChI is InChI=1S/C13H15N3O4/c1-13(2,3)20-12(19)14-8-4-5-16-7-9(11(17)18)15-10(16)6-8/h4-7H,1-3H3,(H,14,19)(H,17,18). The Morgan fingerprint density at radius 3 is 2.70 bits per heavy atom. The van der Waals surface area contributed by atoms with Gasteiger partial charge in [0.15, 0.2) is 5.69 Å². The third kappa shape index (κ3) is 3.25. The average Bonchev–Trinajstić information content (AvgIpc) is 2.69. The van der Waals surface area contributed by atoms with Gasteiger partial charge in [-0.05, 0) is 26.8 Å². The first-order chi connectivity index (χ1) is 9.24. The number of carboxylic acid groups (broad SMARTS) is 1. The number of aromatic carboxylic acids is 1. The van der Waals surface area contributed by atoms with Crippen LogP contribution >= 0.6 is 0 Å². The van der Waals surface area contributed by atoms with Crippen molar-refractivity contribution < 1.29 is 19.4 Å². The van der Waals surface area contributed by atoms with Gasteiger partial charge in [0.05, 0.1) is 0 Å². The number of carboxylic acids is 1. The molecule has 2 heterocycles. The van der Waals surface area contributed by atoms with E-state index in [2.05, 4.69) is 10.3 Å². The van der Waals surface area contributed by atoms with Crippen LogP contribution in [0.2, 0.25) is 0 Å². The fourth-order valence-corrected chi connectivity index (χ4v) is 1.58. The number of amides is 1. The summed E-state index contributed by atoms with van der Waals surface area (Å²) in [6, 6.07) is 3.20. The number of carbonyl (C=O) groups is 2. The average molecular weight is 277 g/mol. The molecule has 0 aliphatic rings. The van der Waals surface area contributed by atoms with Gasteiger partial charge < -0.3 is 14.2 Å². The molecule has 0 aliphatic carbocycles. The summed E-state index contributed by atoms with van der Waals surface area (Å²) in [6.07, 6.45) is 2.43. The molecule has 0 unspecified atom stereocenters. The van der Waals surface area contributed by atoms with Gasteiger partial charge in [-0.15, -0.1) is 0 Å². The Kier molecular flexibility index (Phi) is 3.35. The minimum absolute atomic E-state index is 0.0561. The second-order valence-electron chi connectivity index (χ2n) is 5.24. The second kappa shape index (κ2) is 4.84. The van der Waals surface area contributed by atoms with E-state index in [1.165, 1.54) is 6.20 Å². The van der Waals surface area contributed by atoms with E-state index in [1.807, 2.05) is 0 Å². The molecular weight excluding hydrogens is 262 g/mol. The van der Waals surface area contributed by atoms with E-state index in [0.29, 0.717) is 11.3 Å². The molecule has 0 atom stereocenters. The summed E-state index contributed by atoms with van der Waals surface area (Å²) in [6.45, 7) is 5.30. The molecule has 2 rings (SSSR count). The molecule has 0 radical (unpaired) electrons. The number of pyridine rings is 1. The Hall–Kier alpha value is -2.57. The number of rotatable bonds is 2. The Labute approximate surface area is 115 Å². The number of nitrogens with one attached hydrogen (secondary N) is 1. The van der Waals surface area contributed by atoms with Crippen LogP contribution in [0, 0.1) is 0 Å². The van der Waals surface area contributed by atoms with Crippen LogP contribution in [0.15, 0.2) is 24.5 Å². The zero-order valence-corrected chi connectivity index (χ0v) is 11.4. The van der Waals surface area contributed by atoms with Gasteiger partial charge in [0, 0.05) is 24.1 Å². The van der Waals surface area contributed by atoms with E-state index in [-0.39, 0.29) is 5.69 Å². The van der Waals surface area contributed by atoms with Gasteiger partial charge in [-0.1, -0.05) is 0 Å². The minimum Gasteiger partial charge on any atom is -0.476 e. The zero-order valence-electron chi connectivity index (χ0n) is 11.4. The summed E-state index contributed by atoms with van der Waals surface area (Å²) in [5.41, 5.74) is 0.266. The summed E-state index contributed by atoms with van der Waals surface area (Å²) in [4.78, 5) is 26.4. The van der Waals surface area contributed by atoms with Crippen LogP contribution in [0.25, 0.3) is 5.65 Å². The van der Waals surface area contributed by atoms with Crippen LogP contribution in [-0.2, 0) is 4.74 Å². The number of ether oxygens (including phenoxy) is 1. The molecule has 0 spiro atoms. The number of anilines is 1. The summed E-state index contributed by atoms with van der Waals surface area (Å²) < 4.78 is 6.69. The summed E-state index contributed by atoms with van der Waals surface area (Å²) in [5, 5.41) is 11.4. The largest absolute Gasteiger partial charge is 0.476 e. The number of fused-ring (bicyclic) bond motifs is 1. The lowest BCUT2D eigenvalue weighted by atomic mass is 10.2. The Balaban J connectivity index is 2.19. The summed E-state index contributed by atoms with van der Waals surface area (Å²) in [7, 11) is 0. The Morgan fingerprint density at radius 1 is 1.40 bits per heavy atom. The lowest BCUT2D eigenvalue weighted by molar-refractivity contribution is 0.0634. The fourth-order valence-electron chi connectivity index (χ4n) is 1.58. The highest BCUT2D eigenvalue weighted by Gasteiger charge is 2.16. The number of hydrogen-bond acceptors (Lipinski definition) is 4. The van der Waals surface area contributed by atoms with Crippen molar-refractivity contribution in [2.75, 3.05) is 5.32 Å². The molecule has 7 nitrogen and oxygen atoms in total. The van der Waals surface area contributed by atoms with Crippen LogP contribution in [-0.4, -0.2) is 32.2 Å². The van der Waals surface area contributed by atoms with E-state index >= 15 is 0 Å². The molecule has 106 valence electrons. The Bertz CT molecular complexity index is 670. The lowest BCUT2D eigenvalue weighted by Gasteiger charge is -2.19. The summed E-state index contributed by atoms with van der Waals surface area (Å²) in [5.74, 6) is -1.10. The fraction of sp³-hybridized carbons (Fsp3) is 0.308. The van der Waals surface area contributed by atoms with Gasteiger partial charge in [-0.3, -0.25) is 5.32 Å². The van der Waals surface area contributed by atoms with Gasteiger partial charge in [0.2, 0.25) is 0 Å². The molecule has 0 aromatic carbocycles. The predicted octanol–water partition coefficient (Wildman–Crippen LogP) is 2.38. The van der Waals surface area contributed by atoms with Crippen molar-refractivity contribution in [2.24, 2.45) is 0 Å². The summed E-state index contributed by atoms with van der Waals surface area (Å²) >= 11 is 0. The van der Waals surface area contributed by atoms with E-state index in [4.69, 9.17) is 9.84 Å². The van der Waals surface area contributed by atoms with Gasteiger partial charge in [0.1, 0.15) is 11.2 Å². The van der Waals surface area contributed by atoms with Crippen molar-refractivity contribution in [3.05, 3.63) is 30.2 Å². The predicted molar refractivity (Wildman–Crippen MR) is 72.0 cm³/mol. The van der Waals surface area contributed by atoms with Crippen molar-refractivity contribution >= 4 is 23.4 Å². The maximum Gasteiger partial charge on any atom is 0.412 e. The molecule has 7 heteroatoms. The van der Waals surface area contributed by atoms with Gasteiger partial charge in [-0.25, -0.2) is 14.6 Å².